The van der Waals surface area contributed by atoms with E-state index in [-0.39, 0.29) is 0 Å². The van der Waals surface area contributed by atoms with E-state index in [0.29, 0.717) is 5.41 Å². The highest BCUT2D eigenvalue weighted by molar-refractivity contribution is 4.99. The Balaban J connectivity index is 2.03. The molecule has 1 nitrogen and oxygen atoms in total. The molecular formula is C14H27N. The molecule has 0 aromatic carbocycles. The van der Waals surface area contributed by atoms with Gasteiger partial charge < -0.3 is 5.32 Å². The SMILES string of the molecule is CC(=CCCNC1CC1)CCC(C)(C)C. The molecule has 0 aliphatic heterocycles. The molecule has 1 heteroatoms. The first-order valence-electron chi connectivity index (χ1n) is 6.36. The molecular weight excluding hydrogens is 182 g/mol. The van der Waals surface area contributed by atoms with Crippen LogP contribution in [-0.4, -0.2) is 12.6 Å². The summed E-state index contributed by atoms with van der Waals surface area (Å²) >= 11 is 0. The fourth-order valence-corrected chi connectivity index (χ4v) is 1.57. The van der Waals surface area contributed by atoms with Gasteiger partial charge in [0.15, 0.2) is 0 Å². The molecule has 0 aromatic rings. The molecule has 0 atom stereocenters. The summed E-state index contributed by atoms with van der Waals surface area (Å²) in [6.45, 7) is 10.4. The smallest absolute Gasteiger partial charge is 0.00683 e. The first-order chi connectivity index (χ1) is 6.97. The van der Waals surface area contributed by atoms with Crippen molar-refractivity contribution in [2.75, 3.05) is 6.54 Å². The van der Waals surface area contributed by atoms with Crippen LogP contribution in [0.4, 0.5) is 0 Å². The summed E-state index contributed by atoms with van der Waals surface area (Å²) in [7, 11) is 0. The highest BCUT2D eigenvalue weighted by Crippen LogP contribution is 2.23. The van der Waals surface area contributed by atoms with Gasteiger partial charge in [-0.25, -0.2) is 0 Å². The Morgan fingerprint density at radius 2 is 2.00 bits per heavy atom. The van der Waals surface area contributed by atoms with E-state index in [1.165, 1.54) is 32.1 Å². The monoisotopic (exact) mass is 209 g/mol. The van der Waals surface area contributed by atoms with Crippen LogP contribution in [0.1, 0.15) is 59.8 Å². The molecule has 0 saturated heterocycles. The van der Waals surface area contributed by atoms with Crippen molar-refractivity contribution in [3.05, 3.63) is 11.6 Å². The Morgan fingerprint density at radius 3 is 2.53 bits per heavy atom. The van der Waals surface area contributed by atoms with Crippen LogP contribution in [0.3, 0.4) is 0 Å². The number of rotatable bonds is 6. The van der Waals surface area contributed by atoms with Crippen molar-refractivity contribution in [1.82, 2.24) is 5.32 Å². The van der Waals surface area contributed by atoms with Gasteiger partial charge in [-0.3, -0.25) is 0 Å². The van der Waals surface area contributed by atoms with Gasteiger partial charge in [-0.2, -0.15) is 0 Å². The third kappa shape index (κ3) is 7.61. The lowest BCUT2D eigenvalue weighted by Crippen LogP contribution is -2.16. The molecule has 0 bridgehead atoms. The van der Waals surface area contributed by atoms with Gasteiger partial charge in [0, 0.05) is 6.04 Å². The summed E-state index contributed by atoms with van der Waals surface area (Å²) in [5.41, 5.74) is 2.03. The zero-order chi connectivity index (χ0) is 11.3. The average molecular weight is 209 g/mol. The second kappa shape index (κ2) is 5.69. The minimum atomic E-state index is 0.474. The molecule has 15 heavy (non-hydrogen) atoms. The van der Waals surface area contributed by atoms with Gasteiger partial charge in [-0.15, -0.1) is 0 Å². The van der Waals surface area contributed by atoms with Crippen molar-refractivity contribution < 1.29 is 0 Å². The topological polar surface area (TPSA) is 12.0 Å². The van der Waals surface area contributed by atoms with E-state index in [0.717, 1.165) is 12.6 Å². The number of hydrogen-bond acceptors (Lipinski definition) is 1. The number of nitrogens with one attached hydrogen (secondary N) is 1. The summed E-state index contributed by atoms with van der Waals surface area (Å²) < 4.78 is 0. The summed E-state index contributed by atoms with van der Waals surface area (Å²) in [6.07, 6.45) is 8.95. The first-order valence-corrected chi connectivity index (χ1v) is 6.36. The standard InChI is InChI=1S/C14H27N/c1-12(9-10-14(2,3)4)6-5-11-15-13-7-8-13/h6,13,15H,5,7-11H2,1-4H3. The molecule has 0 spiro atoms. The maximum Gasteiger partial charge on any atom is 0.00683 e. The Labute approximate surface area is 95.3 Å². The van der Waals surface area contributed by atoms with Crippen molar-refractivity contribution in [3.63, 3.8) is 0 Å². The van der Waals surface area contributed by atoms with E-state index in [2.05, 4.69) is 39.1 Å². The van der Waals surface area contributed by atoms with Gasteiger partial charge >= 0.3 is 0 Å². The fraction of sp³-hybridized carbons (Fsp3) is 0.857. The van der Waals surface area contributed by atoms with Crippen molar-refractivity contribution in [1.29, 1.82) is 0 Å². The van der Waals surface area contributed by atoms with Gasteiger partial charge in [0.25, 0.3) is 0 Å². The van der Waals surface area contributed by atoms with Crippen molar-refractivity contribution >= 4 is 0 Å². The fourth-order valence-electron chi connectivity index (χ4n) is 1.57. The van der Waals surface area contributed by atoms with Gasteiger partial charge in [-0.05, 0) is 51.0 Å². The van der Waals surface area contributed by atoms with Crippen molar-refractivity contribution in [3.8, 4) is 0 Å². The van der Waals surface area contributed by atoms with E-state index in [1.54, 1.807) is 5.57 Å². The summed E-state index contributed by atoms with van der Waals surface area (Å²) in [6, 6.07) is 0.855. The Kier molecular flexibility index (Phi) is 4.85. The van der Waals surface area contributed by atoms with Crippen LogP contribution in [0.25, 0.3) is 0 Å². The Bertz CT molecular complexity index is 206. The molecule has 1 aliphatic rings. The average Bonchev–Trinajstić information content (AvgIpc) is 2.91. The molecule has 0 unspecified atom stereocenters. The molecule has 1 aliphatic carbocycles. The zero-order valence-corrected chi connectivity index (χ0v) is 10.9. The summed E-state index contributed by atoms with van der Waals surface area (Å²) in [5, 5.41) is 3.54. The molecule has 0 aromatic heterocycles. The van der Waals surface area contributed by atoms with Crippen molar-refractivity contribution in [2.45, 2.75) is 65.8 Å². The summed E-state index contributed by atoms with van der Waals surface area (Å²) in [4.78, 5) is 0. The second-order valence-corrected chi connectivity index (χ2v) is 6.13. The third-order valence-electron chi connectivity index (χ3n) is 2.92. The predicted molar refractivity (Wildman–Crippen MR) is 68.1 cm³/mol. The van der Waals surface area contributed by atoms with Crippen LogP contribution in [0.2, 0.25) is 0 Å². The Hall–Kier alpha value is -0.300. The van der Waals surface area contributed by atoms with E-state index in [4.69, 9.17) is 0 Å². The van der Waals surface area contributed by atoms with Crippen LogP contribution >= 0.6 is 0 Å². The predicted octanol–water partition coefficient (Wildman–Crippen LogP) is 3.90. The molecule has 1 rings (SSSR count). The minimum absolute atomic E-state index is 0.474. The van der Waals surface area contributed by atoms with E-state index in [9.17, 15) is 0 Å². The van der Waals surface area contributed by atoms with E-state index >= 15 is 0 Å². The zero-order valence-electron chi connectivity index (χ0n) is 10.9. The number of hydrogen-bond donors (Lipinski definition) is 1. The highest BCUT2D eigenvalue weighted by Gasteiger charge is 2.19. The van der Waals surface area contributed by atoms with Crippen LogP contribution in [0.5, 0.6) is 0 Å². The molecule has 0 amide bonds. The maximum absolute atomic E-state index is 3.54. The van der Waals surface area contributed by atoms with Gasteiger partial charge in [0.05, 0.1) is 0 Å². The molecule has 88 valence electrons. The third-order valence-corrected chi connectivity index (χ3v) is 2.92. The molecule has 0 heterocycles. The van der Waals surface area contributed by atoms with Crippen LogP contribution in [0.15, 0.2) is 11.6 Å². The van der Waals surface area contributed by atoms with Crippen molar-refractivity contribution in [2.24, 2.45) is 5.41 Å². The molecule has 1 saturated carbocycles. The lowest BCUT2D eigenvalue weighted by Gasteiger charge is -2.17. The second-order valence-electron chi connectivity index (χ2n) is 6.13. The minimum Gasteiger partial charge on any atom is -0.314 e. The highest BCUT2D eigenvalue weighted by atomic mass is 14.9. The largest absolute Gasteiger partial charge is 0.314 e. The lowest BCUT2D eigenvalue weighted by atomic mass is 9.89. The quantitative estimate of drug-likeness (QED) is 0.517. The van der Waals surface area contributed by atoms with Crippen LogP contribution in [0, 0.1) is 5.41 Å². The van der Waals surface area contributed by atoms with E-state index < -0.39 is 0 Å². The number of allylic oxidation sites excluding steroid dienone is 1. The molecule has 1 N–H and O–H groups in total. The van der Waals surface area contributed by atoms with Gasteiger partial charge in [0.2, 0.25) is 0 Å². The summed E-state index contributed by atoms with van der Waals surface area (Å²) in [5.74, 6) is 0. The molecule has 0 radical (unpaired) electrons. The Morgan fingerprint density at radius 1 is 1.33 bits per heavy atom. The van der Waals surface area contributed by atoms with Crippen LogP contribution in [-0.2, 0) is 0 Å². The van der Waals surface area contributed by atoms with Crippen LogP contribution < -0.4 is 5.32 Å². The maximum atomic E-state index is 3.54. The van der Waals surface area contributed by atoms with Gasteiger partial charge in [0.1, 0.15) is 0 Å². The van der Waals surface area contributed by atoms with E-state index in [1.807, 2.05) is 0 Å². The van der Waals surface area contributed by atoms with Gasteiger partial charge in [-0.1, -0.05) is 32.4 Å². The normalized spacial score (nSPS) is 18.3. The first kappa shape index (κ1) is 12.8. The molecule has 1 fully saturated rings. The lowest BCUT2D eigenvalue weighted by molar-refractivity contribution is 0.377.